The number of thioether (sulfide) groups is 1. The van der Waals surface area contributed by atoms with Gasteiger partial charge in [-0.15, -0.1) is 0 Å². The van der Waals surface area contributed by atoms with E-state index in [1.165, 1.54) is 0 Å². The molecule has 0 saturated carbocycles. The van der Waals surface area contributed by atoms with Crippen molar-refractivity contribution in [3.05, 3.63) is 56.0 Å². The highest BCUT2D eigenvalue weighted by Gasteiger charge is 2.36. The number of amides is 3. The first-order chi connectivity index (χ1) is 15.7. The van der Waals surface area contributed by atoms with E-state index in [1.54, 1.807) is 19.3 Å². The Hall–Kier alpha value is -2.53. The summed E-state index contributed by atoms with van der Waals surface area (Å²) in [4.78, 5) is 38.9. The molecule has 1 fully saturated rings. The summed E-state index contributed by atoms with van der Waals surface area (Å²) in [5.74, 6) is 0.614. The van der Waals surface area contributed by atoms with Gasteiger partial charge in [-0.25, -0.2) is 0 Å². The van der Waals surface area contributed by atoms with E-state index in [0.29, 0.717) is 35.3 Å². The summed E-state index contributed by atoms with van der Waals surface area (Å²) < 4.78 is 11.8. The van der Waals surface area contributed by atoms with Crippen LogP contribution in [0.1, 0.15) is 37.8 Å². The lowest BCUT2D eigenvalue weighted by molar-refractivity contribution is -0.127. The molecule has 0 spiro atoms. The van der Waals surface area contributed by atoms with E-state index in [0.717, 1.165) is 25.8 Å². The van der Waals surface area contributed by atoms with Gasteiger partial charge in [0.2, 0.25) is 5.91 Å². The van der Waals surface area contributed by atoms with Crippen molar-refractivity contribution in [1.82, 2.24) is 4.90 Å². The molecule has 0 bridgehead atoms. The van der Waals surface area contributed by atoms with Gasteiger partial charge in [-0.3, -0.25) is 19.3 Å². The zero-order chi connectivity index (χ0) is 24.1. The van der Waals surface area contributed by atoms with Crippen molar-refractivity contribution in [2.24, 2.45) is 0 Å². The van der Waals surface area contributed by atoms with Crippen LogP contribution in [0.15, 0.2) is 41.3 Å². The van der Waals surface area contributed by atoms with E-state index in [-0.39, 0.29) is 11.4 Å². The number of carbonyl (C=O) groups is 3. The van der Waals surface area contributed by atoms with Gasteiger partial charge in [-0.1, -0.05) is 26.0 Å². The second-order valence-corrected chi connectivity index (χ2v) is 9.72. The predicted octanol–water partition coefficient (Wildman–Crippen LogP) is 5.50. The number of carbonyl (C=O) groups excluding carboxylic acids is 3. The van der Waals surface area contributed by atoms with Crippen LogP contribution in [-0.2, 0) is 9.59 Å². The van der Waals surface area contributed by atoms with Crippen LogP contribution in [0.25, 0.3) is 6.08 Å². The molecule has 3 rings (SSSR count). The summed E-state index contributed by atoms with van der Waals surface area (Å²) in [7, 11) is 1.54. The molecule has 0 radical (unpaired) electrons. The van der Waals surface area contributed by atoms with Gasteiger partial charge in [-0.05, 0) is 88.7 Å². The maximum Gasteiger partial charge on any atom is 0.294 e. The highest BCUT2D eigenvalue weighted by atomic mass is 127. The SMILES string of the molecule is CCOc1c(I)cc(/C=C2/SC(=O)N(CC(=O)Nc3ccc(C(C)C)cc3)C2=O)cc1OC. The Morgan fingerprint density at radius 2 is 1.91 bits per heavy atom. The first-order valence-corrected chi connectivity index (χ1v) is 12.3. The molecule has 1 aliphatic rings. The third kappa shape index (κ3) is 6.08. The lowest BCUT2D eigenvalue weighted by Gasteiger charge is -2.13. The number of nitrogens with zero attached hydrogens (tertiary/aromatic N) is 1. The number of hydrogen-bond acceptors (Lipinski definition) is 6. The largest absolute Gasteiger partial charge is 0.493 e. The Kier molecular flexibility index (Phi) is 8.41. The van der Waals surface area contributed by atoms with E-state index >= 15 is 0 Å². The number of methoxy groups -OCH3 is 1. The third-order valence-corrected chi connectivity index (χ3v) is 6.58. The molecule has 1 N–H and O–H groups in total. The minimum Gasteiger partial charge on any atom is -0.493 e. The molecule has 3 amide bonds. The molecule has 2 aromatic rings. The Morgan fingerprint density at radius 1 is 1.21 bits per heavy atom. The van der Waals surface area contributed by atoms with E-state index in [2.05, 4.69) is 41.8 Å². The lowest BCUT2D eigenvalue weighted by Crippen LogP contribution is -2.36. The highest BCUT2D eigenvalue weighted by Crippen LogP contribution is 2.37. The van der Waals surface area contributed by atoms with Gasteiger partial charge in [0.1, 0.15) is 6.54 Å². The molecule has 0 aromatic heterocycles. The third-order valence-electron chi connectivity index (χ3n) is 4.87. The van der Waals surface area contributed by atoms with Crippen LogP contribution < -0.4 is 14.8 Å². The first-order valence-electron chi connectivity index (χ1n) is 10.4. The van der Waals surface area contributed by atoms with Gasteiger partial charge in [-0.2, -0.15) is 0 Å². The van der Waals surface area contributed by atoms with Crippen LogP contribution in [0.3, 0.4) is 0 Å². The molecule has 0 atom stereocenters. The predicted molar refractivity (Wildman–Crippen MR) is 139 cm³/mol. The Labute approximate surface area is 211 Å². The summed E-state index contributed by atoms with van der Waals surface area (Å²) in [5.41, 5.74) is 2.47. The normalized spacial score (nSPS) is 14.8. The van der Waals surface area contributed by atoms with Crippen molar-refractivity contribution in [2.45, 2.75) is 26.7 Å². The molecule has 7 nitrogen and oxygen atoms in total. The fourth-order valence-electron chi connectivity index (χ4n) is 3.19. The molecule has 1 saturated heterocycles. The summed E-state index contributed by atoms with van der Waals surface area (Å²) in [6.45, 7) is 6.21. The van der Waals surface area contributed by atoms with Crippen molar-refractivity contribution < 1.29 is 23.9 Å². The van der Waals surface area contributed by atoms with Crippen molar-refractivity contribution >= 4 is 63.2 Å². The van der Waals surface area contributed by atoms with Gasteiger partial charge in [0.25, 0.3) is 11.1 Å². The van der Waals surface area contributed by atoms with Crippen molar-refractivity contribution in [2.75, 3.05) is 25.6 Å². The molecule has 1 heterocycles. The van der Waals surface area contributed by atoms with E-state index in [4.69, 9.17) is 9.47 Å². The molecule has 9 heteroatoms. The number of benzene rings is 2. The van der Waals surface area contributed by atoms with Gasteiger partial charge >= 0.3 is 0 Å². The van der Waals surface area contributed by atoms with Crippen LogP contribution in [0.4, 0.5) is 10.5 Å². The molecule has 174 valence electrons. The number of rotatable bonds is 8. The van der Waals surface area contributed by atoms with Gasteiger partial charge in [0, 0.05) is 5.69 Å². The van der Waals surface area contributed by atoms with E-state index in [1.807, 2.05) is 37.3 Å². The Bertz CT molecular complexity index is 1100. The molecule has 0 unspecified atom stereocenters. The Balaban J connectivity index is 1.72. The maximum absolute atomic E-state index is 12.8. The summed E-state index contributed by atoms with van der Waals surface area (Å²) in [6.07, 6.45) is 1.62. The number of anilines is 1. The quantitative estimate of drug-likeness (QED) is 0.328. The first kappa shape index (κ1) is 25.1. The second-order valence-electron chi connectivity index (χ2n) is 7.56. The number of nitrogens with one attached hydrogen (secondary N) is 1. The van der Waals surface area contributed by atoms with Crippen LogP contribution in [0, 0.1) is 3.57 Å². The van der Waals surface area contributed by atoms with Crippen LogP contribution in [-0.4, -0.2) is 42.2 Å². The van der Waals surface area contributed by atoms with Gasteiger partial charge < -0.3 is 14.8 Å². The molecular formula is C24H25IN2O5S. The van der Waals surface area contributed by atoms with Crippen molar-refractivity contribution in [1.29, 1.82) is 0 Å². The fourth-order valence-corrected chi connectivity index (χ4v) is 4.81. The van der Waals surface area contributed by atoms with Crippen LogP contribution in [0.2, 0.25) is 0 Å². The second kappa shape index (κ2) is 11.1. The van der Waals surface area contributed by atoms with Gasteiger partial charge in [0.05, 0.1) is 22.2 Å². The molecule has 1 aliphatic heterocycles. The average Bonchev–Trinajstić information content (AvgIpc) is 3.03. The van der Waals surface area contributed by atoms with Crippen molar-refractivity contribution in [3.8, 4) is 11.5 Å². The smallest absolute Gasteiger partial charge is 0.294 e. The molecular weight excluding hydrogens is 555 g/mol. The van der Waals surface area contributed by atoms with Crippen LogP contribution in [0.5, 0.6) is 11.5 Å². The number of ether oxygens (including phenoxy) is 2. The zero-order valence-corrected chi connectivity index (χ0v) is 21.8. The zero-order valence-electron chi connectivity index (χ0n) is 18.8. The van der Waals surface area contributed by atoms with E-state index in [9.17, 15) is 14.4 Å². The summed E-state index contributed by atoms with van der Waals surface area (Å²) in [5, 5.41) is 2.25. The number of imide groups is 1. The maximum atomic E-state index is 12.8. The number of halogens is 1. The minimum absolute atomic E-state index is 0.246. The van der Waals surface area contributed by atoms with Crippen LogP contribution >= 0.6 is 34.4 Å². The highest BCUT2D eigenvalue weighted by molar-refractivity contribution is 14.1. The lowest BCUT2D eigenvalue weighted by atomic mass is 10.0. The standard InChI is InChI=1S/C24H25IN2O5S/c1-5-32-22-18(25)10-15(11-19(22)31-4)12-20-23(29)27(24(30)33-20)13-21(28)26-17-8-6-16(7-9-17)14(2)3/h6-12,14H,5,13H2,1-4H3,(H,26,28)/b20-12+. The fraction of sp³-hybridized carbons (Fsp3) is 0.292. The number of hydrogen-bond donors (Lipinski definition) is 1. The van der Waals surface area contributed by atoms with E-state index < -0.39 is 17.1 Å². The molecule has 33 heavy (non-hydrogen) atoms. The topological polar surface area (TPSA) is 84.9 Å². The van der Waals surface area contributed by atoms with Gasteiger partial charge in [0.15, 0.2) is 11.5 Å². The average molecular weight is 580 g/mol. The molecule has 0 aliphatic carbocycles. The Morgan fingerprint density at radius 3 is 2.52 bits per heavy atom. The van der Waals surface area contributed by atoms with Crippen molar-refractivity contribution in [3.63, 3.8) is 0 Å². The molecule has 2 aromatic carbocycles. The minimum atomic E-state index is -0.502. The summed E-state index contributed by atoms with van der Waals surface area (Å²) in [6, 6.07) is 11.1. The monoisotopic (exact) mass is 580 g/mol. The summed E-state index contributed by atoms with van der Waals surface area (Å²) >= 11 is 2.94.